The molecule has 25 heavy (non-hydrogen) atoms. The standard InChI is InChI=1S/C16H20N6O3/c1-12-9-20(14-5-3-13(4-6-14)16(24)25-2)7-8-22(12)15(23)10-21-11-17-18-19-21/h3-6,11-12H,7-10H2,1-2H3/t12-/m1/s1. The van der Waals surface area contributed by atoms with Gasteiger partial charge in [0, 0.05) is 31.4 Å². The molecule has 1 aromatic heterocycles. The van der Waals surface area contributed by atoms with E-state index in [4.69, 9.17) is 4.74 Å². The molecule has 0 saturated carbocycles. The fraction of sp³-hybridized carbons (Fsp3) is 0.438. The van der Waals surface area contributed by atoms with E-state index in [9.17, 15) is 9.59 Å². The number of hydrogen-bond acceptors (Lipinski definition) is 7. The van der Waals surface area contributed by atoms with Crippen molar-refractivity contribution in [1.29, 1.82) is 0 Å². The molecule has 1 atom stereocenters. The zero-order chi connectivity index (χ0) is 17.8. The predicted octanol–water partition coefficient (Wildman–Crippen LogP) is 0.197. The Hall–Kier alpha value is -2.97. The predicted molar refractivity (Wildman–Crippen MR) is 89.0 cm³/mol. The topological polar surface area (TPSA) is 93.5 Å². The van der Waals surface area contributed by atoms with Crippen LogP contribution in [-0.2, 0) is 16.1 Å². The lowest BCUT2D eigenvalue weighted by molar-refractivity contribution is -0.134. The number of benzene rings is 1. The second-order valence-electron chi connectivity index (χ2n) is 5.93. The number of anilines is 1. The molecule has 0 N–H and O–H groups in total. The van der Waals surface area contributed by atoms with Crippen LogP contribution in [0.2, 0.25) is 0 Å². The van der Waals surface area contributed by atoms with Crippen molar-refractivity contribution in [2.45, 2.75) is 19.5 Å². The van der Waals surface area contributed by atoms with E-state index in [1.165, 1.54) is 18.1 Å². The van der Waals surface area contributed by atoms with Crippen LogP contribution in [0.25, 0.3) is 0 Å². The van der Waals surface area contributed by atoms with E-state index in [1.54, 1.807) is 12.1 Å². The van der Waals surface area contributed by atoms with Crippen molar-refractivity contribution in [2.75, 3.05) is 31.6 Å². The number of nitrogens with zero attached hydrogens (tertiary/aromatic N) is 6. The molecule has 1 aromatic carbocycles. The molecule has 1 aliphatic heterocycles. The molecular formula is C16H20N6O3. The first-order valence-corrected chi connectivity index (χ1v) is 8.02. The highest BCUT2D eigenvalue weighted by Gasteiger charge is 2.27. The first-order chi connectivity index (χ1) is 12.1. The highest BCUT2D eigenvalue weighted by Crippen LogP contribution is 2.20. The van der Waals surface area contributed by atoms with Crippen molar-refractivity contribution in [2.24, 2.45) is 0 Å². The summed E-state index contributed by atoms with van der Waals surface area (Å²) in [6.07, 6.45) is 1.43. The molecular weight excluding hydrogens is 324 g/mol. The molecule has 1 saturated heterocycles. The van der Waals surface area contributed by atoms with Gasteiger partial charge >= 0.3 is 5.97 Å². The third kappa shape index (κ3) is 3.76. The minimum Gasteiger partial charge on any atom is -0.465 e. The van der Waals surface area contributed by atoms with Crippen molar-refractivity contribution >= 4 is 17.6 Å². The summed E-state index contributed by atoms with van der Waals surface area (Å²) in [5, 5.41) is 10.8. The number of ether oxygens (including phenoxy) is 1. The van der Waals surface area contributed by atoms with Gasteiger partial charge in [-0.3, -0.25) is 4.79 Å². The third-order valence-corrected chi connectivity index (χ3v) is 4.29. The SMILES string of the molecule is COC(=O)c1ccc(N2CCN(C(=O)Cn3cnnn3)[C@H](C)C2)cc1. The van der Waals surface area contributed by atoms with E-state index < -0.39 is 0 Å². The summed E-state index contributed by atoms with van der Waals surface area (Å²) in [7, 11) is 1.36. The molecule has 2 heterocycles. The average molecular weight is 344 g/mol. The number of methoxy groups -OCH3 is 1. The quantitative estimate of drug-likeness (QED) is 0.731. The maximum Gasteiger partial charge on any atom is 0.337 e. The van der Waals surface area contributed by atoms with Crippen molar-refractivity contribution in [3.63, 3.8) is 0 Å². The minimum atomic E-state index is -0.349. The Morgan fingerprint density at radius 3 is 2.60 bits per heavy atom. The first-order valence-electron chi connectivity index (χ1n) is 8.02. The fourth-order valence-corrected chi connectivity index (χ4v) is 2.97. The lowest BCUT2D eigenvalue weighted by Crippen LogP contribution is -2.54. The molecule has 0 unspecified atom stereocenters. The number of carbonyl (C=O) groups excluding carboxylic acids is 2. The van der Waals surface area contributed by atoms with E-state index in [1.807, 2.05) is 24.0 Å². The van der Waals surface area contributed by atoms with Gasteiger partial charge in [-0.1, -0.05) is 0 Å². The molecule has 0 aliphatic carbocycles. The molecule has 132 valence electrons. The molecule has 0 bridgehead atoms. The molecule has 0 spiro atoms. The van der Waals surface area contributed by atoms with Gasteiger partial charge in [0.25, 0.3) is 0 Å². The summed E-state index contributed by atoms with van der Waals surface area (Å²) in [4.78, 5) is 28.0. The van der Waals surface area contributed by atoms with Crippen molar-refractivity contribution in [1.82, 2.24) is 25.1 Å². The molecule has 1 amide bonds. The summed E-state index contributed by atoms with van der Waals surface area (Å²) in [6, 6.07) is 7.37. The number of amides is 1. The van der Waals surface area contributed by atoms with E-state index >= 15 is 0 Å². The van der Waals surface area contributed by atoms with Crippen LogP contribution in [0.1, 0.15) is 17.3 Å². The van der Waals surface area contributed by atoms with Gasteiger partial charge in [0.15, 0.2) is 0 Å². The van der Waals surface area contributed by atoms with Gasteiger partial charge in [-0.2, -0.15) is 0 Å². The summed E-state index contributed by atoms with van der Waals surface area (Å²) < 4.78 is 6.13. The lowest BCUT2D eigenvalue weighted by Gasteiger charge is -2.41. The van der Waals surface area contributed by atoms with Crippen LogP contribution in [0.3, 0.4) is 0 Å². The second-order valence-corrected chi connectivity index (χ2v) is 5.93. The summed E-state index contributed by atoms with van der Waals surface area (Å²) in [5.41, 5.74) is 1.54. The van der Waals surface area contributed by atoms with Gasteiger partial charge < -0.3 is 14.5 Å². The van der Waals surface area contributed by atoms with E-state index in [2.05, 4.69) is 20.4 Å². The Bertz CT molecular complexity index is 731. The van der Waals surface area contributed by atoms with E-state index in [0.717, 1.165) is 18.8 Å². The molecule has 9 heteroatoms. The number of piperazine rings is 1. The second kappa shape index (κ2) is 7.29. The van der Waals surface area contributed by atoms with Crippen LogP contribution in [0.15, 0.2) is 30.6 Å². The van der Waals surface area contributed by atoms with Crippen molar-refractivity contribution in [3.8, 4) is 0 Å². The zero-order valence-electron chi connectivity index (χ0n) is 14.2. The van der Waals surface area contributed by atoms with Gasteiger partial charge in [0.05, 0.1) is 12.7 Å². The van der Waals surface area contributed by atoms with Crippen LogP contribution in [0, 0.1) is 0 Å². The Labute approximate surface area is 145 Å². The molecule has 2 aromatic rings. The number of carbonyl (C=O) groups is 2. The number of esters is 1. The minimum absolute atomic E-state index is 0.000453. The largest absolute Gasteiger partial charge is 0.465 e. The van der Waals surface area contributed by atoms with Crippen LogP contribution in [0.5, 0.6) is 0 Å². The van der Waals surface area contributed by atoms with Gasteiger partial charge in [0.1, 0.15) is 12.9 Å². The maximum absolute atomic E-state index is 12.4. The number of tetrazole rings is 1. The molecule has 0 radical (unpaired) electrons. The van der Waals surface area contributed by atoms with Gasteiger partial charge in [0.2, 0.25) is 5.91 Å². The Morgan fingerprint density at radius 2 is 2.00 bits per heavy atom. The summed E-state index contributed by atoms with van der Waals surface area (Å²) in [6.45, 7) is 4.24. The van der Waals surface area contributed by atoms with Crippen LogP contribution < -0.4 is 4.90 Å². The van der Waals surface area contributed by atoms with Crippen molar-refractivity contribution < 1.29 is 14.3 Å². The van der Waals surface area contributed by atoms with Crippen LogP contribution in [0.4, 0.5) is 5.69 Å². The summed E-state index contributed by atoms with van der Waals surface area (Å²) >= 11 is 0. The van der Waals surface area contributed by atoms with Crippen LogP contribution in [-0.4, -0.2) is 69.8 Å². The normalized spacial score (nSPS) is 17.4. The highest BCUT2D eigenvalue weighted by molar-refractivity contribution is 5.89. The highest BCUT2D eigenvalue weighted by atomic mass is 16.5. The number of aromatic nitrogens is 4. The molecule has 3 rings (SSSR count). The number of rotatable bonds is 4. The molecule has 1 aliphatic rings. The fourth-order valence-electron chi connectivity index (χ4n) is 2.97. The number of hydrogen-bond donors (Lipinski definition) is 0. The van der Waals surface area contributed by atoms with Gasteiger partial charge in [-0.25, -0.2) is 9.48 Å². The average Bonchev–Trinajstić information content (AvgIpc) is 3.14. The Kier molecular flexibility index (Phi) is 4.92. The van der Waals surface area contributed by atoms with Gasteiger partial charge in [-0.05, 0) is 41.6 Å². The monoisotopic (exact) mass is 344 g/mol. The van der Waals surface area contributed by atoms with E-state index in [0.29, 0.717) is 12.1 Å². The summed E-state index contributed by atoms with van der Waals surface area (Å²) in [5.74, 6) is -0.349. The third-order valence-electron chi connectivity index (χ3n) is 4.29. The molecule has 9 nitrogen and oxygen atoms in total. The first kappa shape index (κ1) is 16.9. The Balaban J connectivity index is 1.61. The van der Waals surface area contributed by atoms with Gasteiger partial charge in [-0.15, -0.1) is 5.10 Å². The molecule has 1 fully saturated rings. The van der Waals surface area contributed by atoms with Crippen molar-refractivity contribution in [3.05, 3.63) is 36.2 Å². The smallest absolute Gasteiger partial charge is 0.337 e. The maximum atomic E-state index is 12.4. The Morgan fingerprint density at radius 1 is 1.24 bits per heavy atom. The zero-order valence-corrected chi connectivity index (χ0v) is 14.2. The lowest BCUT2D eigenvalue weighted by atomic mass is 10.1. The van der Waals surface area contributed by atoms with Crippen LogP contribution >= 0.6 is 0 Å². The van der Waals surface area contributed by atoms with E-state index in [-0.39, 0.29) is 24.5 Å².